The molecule has 1 amide bonds. The fourth-order valence-corrected chi connectivity index (χ4v) is 5.28. The number of hydrogen-bond acceptors (Lipinski definition) is 3. The molecule has 5 nitrogen and oxygen atoms in total. The first kappa shape index (κ1) is 17.0. The summed E-state index contributed by atoms with van der Waals surface area (Å²) in [6.07, 6.45) is 1.74. The molecule has 130 valence electrons. The Kier molecular flexibility index (Phi) is 4.67. The Morgan fingerprint density at radius 1 is 1.33 bits per heavy atom. The van der Waals surface area contributed by atoms with Crippen molar-refractivity contribution in [3.8, 4) is 0 Å². The van der Waals surface area contributed by atoms with E-state index in [1.165, 1.54) is 16.6 Å². The van der Waals surface area contributed by atoms with Crippen LogP contribution in [0.25, 0.3) is 10.9 Å². The Hall–Kier alpha value is -1.82. The van der Waals surface area contributed by atoms with E-state index in [0.29, 0.717) is 25.8 Å². The molecule has 6 heteroatoms. The van der Waals surface area contributed by atoms with Gasteiger partial charge in [0, 0.05) is 36.6 Å². The quantitative estimate of drug-likeness (QED) is 0.902. The summed E-state index contributed by atoms with van der Waals surface area (Å²) in [6, 6.07) is 8.35. The number of nitrogens with one attached hydrogen (secondary N) is 1. The highest BCUT2D eigenvalue weighted by molar-refractivity contribution is 7.91. The fourth-order valence-electron chi connectivity index (χ4n) is 3.37. The second kappa shape index (κ2) is 6.59. The van der Waals surface area contributed by atoms with Gasteiger partial charge in [-0.3, -0.25) is 4.79 Å². The van der Waals surface area contributed by atoms with Crippen molar-refractivity contribution in [2.24, 2.45) is 13.0 Å². The highest BCUT2D eigenvalue weighted by Crippen LogP contribution is 2.23. The minimum atomic E-state index is -2.85. The second-order valence-corrected chi connectivity index (χ2v) is 9.05. The van der Waals surface area contributed by atoms with E-state index in [4.69, 9.17) is 0 Å². The van der Waals surface area contributed by atoms with Crippen molar-refractivity contribution in [3.63, 3.8) is 0 Å². The number of amides is 1. The van der Waals surface area contributed by atoms with Crippen LogP contribution in [-0.2, 0) is 28.2 Å². The molecular weight excluding hydrogens is 324 g/mol. The van der Waals surface area contributed by atoms with Crippen molar-refractivity contribution in [1.82, 2.24) is 9.88 Å². The fraction of sp³-hybridized carbons (Fsp3) is 0.500. The molecule has 1 fully saturated rings. The predicted molar refractivity (Wildman–Crippen MR) is 95.5 cm³/mol. The summed E-state index contributed by atoms with van der Waals surface area (Å²) in [5, 5.41) is 4.11. The average Bonchev–Trinajstić information content (AvgIpc) is 3.02. The third-order valence-electron chi connectivity index (χ3n) is 4.94. The van der Waals surface area contributed by atoms with Crippen LogP contribution in [0.3, 0.4) is 0 Å². The van der Waals surface area contributed by atoms with Crippen molar-refractivity contribution in [3.05, 3.63) is 35.5 Å². The molecule has 1 aromatic carbocycles. The molecule has 2 heterocycles. The largest absolute Gasteiger partial charge is 0.352 e. The second-order valence-electron chi connectivity index (χ2n) is 6.82. The van der Waals surface area contributed by atoms with Gasteiger partial charge in [0.1, 0.15) is 0 Å². The monoisotopic (exact) mass is 348 g/mol. The van der Waals surface area contributed by atoms with Gasteiger partial charge in [0.15, 0.2) is 9.84 Å². The summed E-state index contributed by atoms with van der Waals surface area (Å²) in [6.45, 7) is 2.58. The van der Waals surface area contributed by atoms with Gasteiger partial charge in [-0.1, -0.05) is 6.07 Å². The molecule has 0 aliphatic carbocycles. The number of aromatic nitrogens is 1. The average molecular weight is 348 g/mol. The molecular formula is C18H24N2O3S. The van der Waals surface area contributed by atoms with Crippen LogP contribution in [0.1, 0.15) is 30.5 Å². The highest BCUT2D eigenvalue weighted by Gasteiger charge is 2.27. The topological polar surface area (TPSA) is 68.2 Å². The molecule has 1 atom stereocenters. The molecule has 1 aromatic heterocycles. The Morgan fingerprint density at radius 2 is 2.12 bits per heavy atom. The van der Waals surface area contributed by atoms with Crippen LogP contribution in [0, 0.1) is 12.8 Å². The number of rotatable bonds is 5. The van der Waals surface area contributed by atoms with E-state index < -0.39 is 9.84 Å². The number of aryl methyl sites for hydroxylation is 2. The normalized spacial score (nSPS) is 19.7. The maximum atomic E-state index is 12.0. The van der Waals surface area contributed by atoms with E-state index in [1.807, 2.05) is 13.1 Å². The van der Waals surface area contributed by atoms with Crippen molar-refractivity contribution >= 4 is 26.6 Å². The Bertz CT molecular complexity index is 868. The lowest BCUT2D eigenvalue weighted by atomic mass is 10.0. The Balaban J connectivity index is 1.51. The van der Waals surface area contributed by atoms with Gasteiger partial charge in [-0.2, -0.15) is 0 Å². The first-order valence-electron chi connectivity index (χ1n) is 8.36. The Morgan fingerprint density at radius 3 is 2.83 bits per heavy atom. The smallest absolute Gasteiger partial charge is 0.220 e. The lowest BCUT2D eigenvalue weighted by molar-refractivity contribution is -0.121. The van der Waals surface area contributed by atoms with Crippen molar-refractivity contribution in [2.45, 2.75) is 32.7 Å². The molecule has 1 unspecified atom stereocenters. The van der Waals surface area contributed by atoms with Crippen LogP contribution in [0.4, 0.5) is 0 Å². The van der Waals surface area contributed by atoms with Gasteiger partial charge in [0.05, 0.1) is 11.5 Å². The molecule has 0 radical (unpaired) electrons. The molecule has 3 rings (SSSR count). The van der Waals surface area contributed by atoms with Crippen LogP contribution in [0.15, 0.2) is 24.3 Å². The number of carbonyl (C=O) groups excluding carboxylic acids is 1. The zero-order valence-electron chi connectivity index (χ0n) is 14.2. The van der Waals surface area contributed by atoms with Crippen molar-refractivity contribution in [1.29, 1.82) is 0 Å². The van der Waals surface area contributed by atoms with Gasteiger partial charge in [-0.25, -0.2) is 8.42 Å². The van der Waals surface area contributed by atoms with Crippen molar-refractivity contribution < 1.29 is 13.2 Å². The van der Waals surface area contributed by atoms with Gasteiger partial charge in [0.25, 0.3) is 0 Å². The molecule has 1 aliphatic heterocycles. The first-order chi connectivity index (χ1) is 11.3. The number of carbonyl (C=O) groups is 1. The highest BCUT2D eigenvalue weighted by atomic mass is 32.2. The van der Waals surface area contributed by atoms with Gasteiger partial charge in [-0.15, -0.1) is 0 Å². The molecule has 2 aromatic rings. The minimum Gasteiger partial charge on any atom is -0.352 e. The van der Waals surface area contributed by atoms with E-state index in [-0.39, 0.29) is 23.3 Å². The minimum absolute atomic E-state index is 0.0105. The Labute approximate surface area is 143 Å². The molecule has 1 aliphatic rings. The molecule has 1 saturated heterocycles. The first-order valence-corrected chi connectivity index (χ1v) is 10.2. The number of fused-ring (bicyclic) bond motifs is 1. The standard InChI is InChI=1S/C18H24N2O3S/c1-13-9-16-10-15(3-5-17(16)20(13)2)11-19-18(21)6-4-14-7-8-24(22,23)12-14/h3,5,9-10,14H,4,6-8,11-12H2,1-2H3,(H,19,21). The summed E-state index contributed by atoms with van der Waals surface area (Å²) >= 11 is 0. The molecule has 24 heavy (non-hydrogen) atoms. The molecule has 0 spiro atoms. The number of benzene rings is 1. The zero-order chi connectivity index (χ0) is 17.3. The van der Waals surface area contributed by atoms with E-state index in [9.17, 15) is 13.2 Å². The molecule has 0 bridgehead atoms. The zero-order valence-corrected chi connectivity index (χ0v) is 15.0. The lowest BCUT2D eigenvalue weighted by Gasteiger charge is -2.09. The SMILES string of the molecule is Cc1cc2cc(CNC(=O)CCC3CCS(=O)(=O)C3)ccc2n1C. The van der Waals surface area contributed by atoms with Gasteiger partial charge >= 0.3 is 0 Å². The summed E-state index contributed by atoms with van der Waals surface area (Å²) in [5.74, 6) is 0.646. The molecule has 0 saturated carbocycles. The van der Waals surface area contributed by atoms with Gasteiger partial charge in [0.2, 0.25) is 5.91 Å². The van der Waals surface area contributed by atoms with E-state index in [2.05, 4.69) is 35.0 Å². The summed E-state index contributed by atoms with van der Waals surface area (Å²) in [7, 11) is -0.811. The maximum absolute atomic E-state index is 12.0. The third kappa shape index (κ3) is 3.80. The van der Waals surface area contributed by atoms with Crippen LogP contribution in [0.2, 0.25) is 0 Å². The lowest BCUT2D eigenvalue weighted by Crippen LogP contribution is -2.23. The summed E-state index contributed by atoms with van der Waals surface area (Å²) < 4.78 is 25.0. The van der Waals surface area contributed by atoms with Crippen LogP contribution >= 0.6 is 0 Å². The predicted octanol–water partition coefficient (Wildman–Crippen LogP) is 2.32. The van der Waals surface area contributed by atoms with Crippen LogP contribution < -0.4 is 5.32 Å². The van der Waals surface area contributed by atoms with Gasteiger partial charge in [-0.05, 0) is 49.4 Å². The summed E-state index contributed by atoms with van der Waals surface area (Å²) in [5.41, 5.74) is 3.47. The van der Waals surface area contributed by atoms with Gasteiger partial charge < -0.3 is 9.88 Å². The van der Waals surface area contributed by atoms with E-state index in [1.54, 1.807) is 0 Å². The number of hydrogen-bond donors (Lipinski definition) is 1. The van der Waals surface area contributed by atoms with E-state index >= 15 is 0 Å². The number of nitrogens with zero attached hydrogens (tertiary/aromatic N) is 1. The van der Waals surface area contributed by atoms with Crippen LogP contribution in [0.5, 0.6) is 0 Å². The van der Waals surface area contributed by atoms with E-state index in [0.717, 1.165) is 5.56 Å². The van der Waals surface area contributed by atoms with Crippen LogP contribution in [-0.4, -0.2) is 30.4 Å². The summed E-state index contributed by atoms with van der Waals surface area (Å²) in [4.78, 5) is 12.0. The van der Waals surface area contributed by atoms with Crippen molar-refractivity contribution in [2.75, 3.05) is 11.5 Å². The molecule has 1 N–H and O–H groups in total. The number of sulfone groups is 1. The maximum Gasteiger partial charge on any atom is 0.220 e. The third-order valence-corrected chi connectivity index (χ3v) is 6.78.